The lowest BCUT2D eigenvalue weighted by atomic mass is 10.2. The van der Waals surface area contributed by atoms with E-state index in [0.717, 1.165) is 0 Å². The van der Waals surface area contributed by atoms with Crippen molar-refractivity contribution in [3.8, 4) is 11.5 Å². The molecule has 1 heterocycles. The molecule has 0 aliphatic rings. The molecule has 1 aromatic heterocycles. The van der Waals surface area contributed by atoms with Gasteiger partial charge in [0.05, 0.1) is 18.6 Å². The molecular formula is C17H19NO4S. The van der Waals surface area contributed by atoms with Gasteiger partial charge in [-0.3, -0.25) is 9.59 Å². The van der Waals surface area contributed by atoms with E-state index in [2.05, 4.69) is 5.32 Å². The monoisotopic (exact) mass is 333 g/mol. The van der Waals surface area contributed by atoms with Gasteiger partial charge in [0.15, 0.2) is 17.3 Å². The Kier molecular flexibility index (Phi) is 6.17. The first-order chi connectivity index (χ1) is 11.1. The molecule has 0 radical (unpaired) electrons. The lowest BCUT2D eigenvalue weighted by Gasteiger charge is -2.11. The van der Waals surface area contributed by atoms with Crippen molar-refractivity contribution in [2.24, 2.45) is 0 Å². The van der Waals surface area contributed by atoms with Crippen LogP contribution >= 0.6 is 11.3 Å². The second kappa shape index (κ2) is 8.33. The van der Waals surface area contributed by atoms with Crippen LogP contribution in [0.4, 0.5) is 5.69 Å². The smallest absolute Gasteiger partial charge is 0.224 e. The number of hydrogen-bond acceptors (Lipinski definition) is 5. The molecule has 1 N–H and O–H groups in total. The van der Waals surface area contributed by atoms with Crippen LogP contribution in [0.25, 0.3) is 0 Å². The predicted molar refractivity (Wildman–Crippen MR) is 90.7 cm³/mol. The fraction of sp³-hybridized carbons (Fsp3) is 0.294. The van der Waals surface area contributed by atoms with Crippen LogP contribution in [0.5, 0.6) is 11.5 Å². The van der Waals surface area contributed by atoms with Crippen LogP contribution in [0.15, 0.2) is 35.7 Å². The van der Waals surface area contributed by atoms with Crippen LogP contribution in [-0.4, -0.2) is 25.4 Å². The van der Waals surface area contributed by atoms with Gasteiger partial charge >= 0.3 is 0 Å². The highest BCUT2D eigenvalue weighted by Crippen LogP contribution is 2.30. The number of anilines is 1. The summed E-state index contributed by atoms with van der Waals surface area (Å²) in [5, 5.41) is 4.61. The molecule has 2 rings (SSSR count). The van der Waals surface area contributed by atoms with Gasteiger partial charge in [-0.25, -0.2) is 0 Å². The first-order valence-corrected chi connectivity index (χ1v) is 8.19. The Bertz CT molecular complexity index is 667. The number of carbonyl (C=O) groups excluding carboxylic acids is 2. The summed E-state index contributed by atoms with van der Waals surface area (Å²) in [5.74, 6) is 0.959. The van der Waals surface area contributed by atoms with Gasteiger partial charge in [-0.15, -0.1) is 11.3 Å². The summed E-state index contributed by atoms with van der Waals surface area (Å²) in [6.45, 7) is 2.42. The van der Waals surface area contributed by atoms with Crippen LogP contribution in [0.2, 0.25) is 0 Å². The van der Waals surface area contributed by atoms with Gasteiger partial charge in [-0.05, 0) is 30.5 Å². The lowest BCUT2D eigenvalue weighted by molar-refractivity contribution is -0.116. The Morgan fingerprint density at radius 3 is 2.65 bits per heavy atom. The van der Waals surface area contributed by atoms with Crippen molar-refractivity contribution in [3.63, 3.8) is 0 Å². The van der Waals surface area contributed by atoms with Gasteiger partial charge in [0.25, 0.3) is 0 Å². The normalized spacial score (nSPS) is 10.2. The fourth-order valence-electron chi connectivity index (χ4n) is 2.03. The number of amides is 1. The van der Waals surface area contributed by atoms with Crippen LogP contribution in [0.3, 0.4) is 0 Å². The minimum Gasteiger partial charge on any atom is -0.493 e. The highest BCUT2D eigenvalue weighted by molar-refractivity contribution is 7.12. The molecule has 0 bridgehead atoms. The Labute approximate surface area is 139 Å². The molecule has 23 heavy (non-hydrogen) atoms. The van der Waals surface area contributed by atoms with Gasteiger partial charge in [0.2, 0.25) is 5.91 Å². The maximum Gasteiger partial charge on any atom is 0.224 e. The molecule has 2 aromatic rings. The van der Waals surface area contributed by atoms with Crippen LogP contribution in [-0.2, 0) is 4.79 Å². The zero-order valence-electron chi connectivity index (χ0n) is 13.1. The topological polar surface area (TPSA) is 64.6 Å². The molecule has 0 saturated heterocycles. The Hall–Kier alpha value is -2.34. The molecule has 0 atom stereocenters. The van der Waals surface area contributed by atoms with Gasteiger partial charge in [-0.2, -0.15) is 0 Å². The van der Waals surface area contributed by atoms with Crippen LogP contribution < -0.4 is 14.8 Å². The van der Waals surface area contributed by atoms with E-state index in [-0.39, 0.29) is 24.5 Å². The third kappa shape index (κ3) is 4.82. The van der Waals surface area contributed by atoms with E-state index in [1.807, 2.05) is 18.4 Å². The molecular weight excluding hydrogens is 314 g/mol. The van der Waals surface area contributed by atoms with Crippen molar-refractivity contribution < 1.29 is 19.1 Å². The SMILES string of the molecule is CCOc1ccc(NC(=O)CCC(=O)c2cccs2)cc1OC. The van der Waals surface area contributed by atoms with E-state index in [1.165, 1.54) is 11.3 Å². The Morgan fingerprint density at radius 1 is 1.17 bits per heavy atom. The summed E-state index contributed by atoms with van der Waals surface area (Å²) in [7, 11) is 1.54. The molecule has 0 spiro atoms. The van der Waals surface area contributed by atoms with E-state index < -0.39 is 0 Å². The molecule has 5 nitrogen and oxygen atoms in total. The largest absolute Gasteiger partial charge is 0.493 e. The molecule has 0 fully saturated rings. The second-order valence-corrected chi connectivity index (χ2v) is 5.69. The number of ether oxygens (including phenoxy) is 2. The number of carbonyl (C=O) groups is 2. The van der Waals surface area contributed by atoms with Gasteiger partial charge in [0.1, 0.15) is 0 Å². The molecule has 1 aromatic carbocycles. The zero-order chi connectivity index (χ0) is 16.7. The zero-order valence-corrected chi connectivity index (χ0v) is 13.9. The number of ketones is 1. The van der Waals surface area contributed by atoms with E-state index in [1.54, 1.807) is 31.4 Å². The minimum atomic E-state index is -0.207. The molecule has 0 saturated carbocycles. The molecule has 0 aliphatic carbocycles. The molecule has 1 amide bonds. The minimum absolute atomic E-state index is 0.0144. The number of benzene rings is 1. The maximum absolute atomic E-state index is 12.0. The highest BCUT2D eigenvalue weighted by atomic mass is 32.1. The van der Waals surface area contributed by atoms with E-state index >= 15 is 0 Å². The first kappa shape index (κ1) is 17.0. The number of Topliss-reactive ketones (excluding diaryl/α,β-unsaturated/α-hetero) is 1. The highest BCUT2D eigenvalue weighted by Gasteiger charge is 2.11. The summed E-state index contributed by atoms with van der Waals surface area (Å²) in [6.07, 6.45) is 0.340. The van der Waals surface area contributed by atoms with E-state index in [9.17, 15) is 9.59 Å². The van der Waals surface area contributed by atoms with E-state index in [4.69, 9.17) is 9.47 Å². The predicted octanol–water partition coefficient (Wildman–Crippen LogP) is 3.76. The average Bonchev–Trinajstić information content (AvgIpc) is 3.09. The third-order valence-electron chi connectivity index (χ3n) is 3.12. The number of thiophene rings is 1. The lowest BCUT2D eigenvalue weighted by Crippen LogP contribution is -2.13. The van der Waals surface area contributed by atoms with Gasteiger partial charge < -0.3 is 14.8 Å². The summed E-state index contributed by atoms with van der Waals surface area (Å²) in [5.41, 5.74) is 0.610. The average molecular weight is 333 g/mol. The Balaban J connectivity index is 1.91. The van der Waals surface area contributed by atoms with Crippen LogP contribution in [0, 0.1) is 0 Å². The molecule has 122 valence electrons. The van der Waals surface area contributed by atoms with Crippen molar-refractivity contribution >= 4 is 28.7 Å². The van der Waals surface area contributed by atoms with Crippen molar-refractivity contribution in [1.82, 2.24) is 0 Å². The van der Waals surface area contributed by atoms with Gasteiger partial charge in [-0.1, -0.05) is 6.07 Å². The standard InChI is InChI=1S/C17H19NO4S/c1-3-22-14-8-6-12(11-15(14)21-2)18-17(20)9-7-13(19)16-5-4-10-23-16/h4-6,8,10-11H,3,7,9H2,1-2H3,(H,18,20). The van der Waals surface area contributed by atoms with Crippen LogP contribution in [0.1, 0.15) is 29.4 Å². The van der Waals surface area contributed by atoms with E-state index in [0.29, 0.717) is 28.7 Å². The molecule has 6 heteroatoms. The third-order valence-corrected chi connectivity index (χ3v) is 4.03. The number of methoxy groups -OCH3 is 1. The fourth-order valence-corrected chi connectivity index (χ4v) is 2.73. The van der Waals surface area contributed by atoms with Gasteiger partial charge in [0, 0.05) is 24.6 Å². The molecule has 0 unspecified atom stereocenters. The Morgan fingerprint density at radius 2 is 2.00 bits per heavy atom. The number of hydrogen-bond donors (Lipinski definition) is 1. The maximum atomic E-state index is 12.0. The summed E-state index contributed by atoms with van der Waals surface area (Å²) < 4.78 is 10.7. The number of nitrogens with one attached hydrogen (secondary N) is 1. The van der Waals surface area contributed by atoms with Crippen molar-refractivity contribution in [2.75, 3.05) is 19.0 Å². The number of rotatable bonds is 8. The first-order valence-electron chi connectivity index (χ1n) is 7.31. The second-order valence-electron chi connectivity index (χ2n) is 4.75. The molecule has 0 aliphatic heterocycles. The quantitative estimate of drug-likeness (QED) is 0.747. The van der Waals surface area contributed by atoms with Crippen molar-refractivity contribution in [1.29, 1.82) is 0 Å². The van der Waals surface area contributed by atoms with Crippen molar-refractivity contribution in [3.05, 3.63) is 40.6 Å². The summed E-state index contributed by atoms with van der Waals surface area (Å²) >= 11 is 1.39. The van der Waals surface area contributed by atoms with Crippen molar-refractivity contribution in [2.45, 2.75) is 19.8 Å². The summed E-state index contributed by atoms with van der Waals surface area (Å²) in [4.78, 5) is 24.5. The summed E-state index contributed by atoms with van der Waals surface area (Å²) in [6, 6.07) is 8.78.